The fourth-order valence-electron chi connectivity index (χ4n) is 3.56. The Labute approximate surface area is 171 Å². The molecule has 0 aromatic carbocycles. The molecule has 29 heavy (non-hydrogen) atoms. The van der Waals surface area contributed by atoms with Crippen LogP contribution >= 0.6 is 11.3 Å². The number of hydrogen-bond donors (Lipinski definition) is 1. The molecular weight excluding hydrogens is 403 g/mol. The number of likely N-dealkylation sites (tertiary alicyclic amines) is 1. The average Bonchev–Trinajstić information content (AvgIpc) is 3.08. The second kappa shape index (κ2) is 8.02. The van der Waals surface area contributed by atoms with Gasteiger partial charge in [-0.05, 0) is 36.0 Å². The van der Waals surface area contributed by atoms with Crippen molar-refractivity contribution in [2.24, 2.45) is 17.3 Å². The Kier molecular flexibility index (Phi) is 6.01. The van der Waals surface area contributed by atoms with E-state index in [2.05, 4.69) is 35.6 Å². The van der Waals surface area contributed by atoms with Crippen molar-refractivity contribution >= 4 is 17.3 Å². The summed E-state index contributed by atoms with van der Waals surface area (Å²) < 4.78 is 38.7. The number of alkyl halides is 3. The standard InChI is InChI=1S/C20H24F3N3O2S/c1-19(2,3)13-8-12(18(27)28)9-26(10-13)11-14-4-5-15(29-14)17-24-7-6-16(25-17)20(21,22)23/h4-7,12-13H,8-11H2,1-3H3,(H,27,28). The Bertz CT molecular complexity index is 876. The van der Waals surface area contributed by atoms with Gasteiger partial charge >= 0.3 is 12.1 Å². The van der Waals surface area contributed by atoms with E-state index in [9.17, 15) is 23.1 Å². The van der Waals surface area contributed by atoms with Crippen LogP contribution in [0.15, 0.2) is 24.4 Å². The number of carbonyl (C=O) groups is 1. The zero-order valence-electron chi connectivity index (χ0n) is 16.5. The summed E-state index contributed by atoms with van der Waals surface area (Å²) >= 11 is 1.34. The van der Waals surface area contributed by atoms with Crippen LogP contribution in [-0.2, 0) is 17.5 Å². The van der Waals surface area contributed by atoms with E-state index in [0.29, 0.717) is 24.4 Å². The molecule has 2 aromatic rings. The van der Waals surface area contributed by atoms with Gasteiger partial charge < -0.3 is 5.11 Å². The lowest BCUT2D eigenvalue weighted by Crippen LogP contribution is -2.46. The second-order valence-corrected chi connectivity index (χ2v) is 9.73. The molecule has 158 valence electrons. The Balaban J connectivity index is 1.76. The molecule has 2 atom stereocenters. The maximum Gasteiger partial charge on any atom is 0.433 e. The molecule has 1 fully saturated rings. The van der Waals surface area contributed by atoms with Gasteiger partial charge in [0.2, 0.25) is 0 Å². The van der Waals surface area contributed by atoms with Crippen LogP contribution in [0.4, 0.5) is 13.2 Å². The highest BCUT2D eigenvalue weighted by Crippen LogP contribution is 2.37. The van der Waals surface area contributed by atoms with Crippen LogP contribution in [-0.4, -0.2) is 39.0 Å². The van der Waals surface area contributed by atoms with E-state index in [0.717, 1.165) is 23.7 Å². The minimum Gasteiger partial charge on any atom is -0.481 e. The quantitative estimate of drug-likeness (QED) is 0.760. The fraction of sp³-hybridized carbons (Fsp3) is 0.550. The van der Waals surface area contributed by atoms with Gasteiger partial charge in [0.25, 0.3) is 0 Å². The first-order chi connectivity index (χ1) is 13.4. The van der Waals surface area contributed by atoms with E-state index >= 15 is 0 Å². The summed E-state index contributed by atoms with van der Waals surface area (Å²) in [6.45, 7) is 8.17. The first-order valence-electron chi connectivity index (χ1n) is 9.38. The van der Waals surface area contributed by atoms with Crippen LogP contribution in [0.3, 0.4) is 0 Å². The highest BCUT2D eigenvalue weighted by Gasteiger charge is 2.37. The summed E-state index contributed by atoms with van der Waals surface area (Å²) in [6, 6.07) is 4.42. The molecule has 9 heteroatoms. The van der Waals surface area contributed by atoms with Crippen LogP contribution in [0.5, 0.6) is 0 Å². The Hall–Kier alpha value is -2.00. The van der Waals surface area contributed by atoms with Gasteiger partial charge in [0.15, 0.2) is 5.82 Å². The molecule has 2 aromatic heterocycles. The van der Waals surface area contributed by atoms with Gasteiger partial charge in [-0.25, -0.2) is 9.97 Å². The molecule has 1 aliphatic rings. The number of aliphatic carboxylic acids is 1. The number of rotatable bonds is 4. The molecule has 1 N–H and O–H groups in total. The second-order valence-electron chi connectivity index (χ2n) is 8.56. The normalized spacial score (nSPS) is 21.3. The number of carboxylic acids is 1. The van der Waals surface area contributed by atoms with Gasteiger partial charge in [-0.1, -0.05) is 20.8 Å². The summed E-state index contributed by atoms with van der Waals surface area (Å²) in [5.74, 6) is -0.901. The molecular formula is C20H24F3N3O2S. The highest BCUT2D eigenvalue weighted by atomic mass is 32.1. The van der Waals surface area contributed by atoms with Gasteiger partial charge in [-0.2, -0.15) is 13.2 Å². The highest BCUT2D eigenvalue weighted by molar-refractivity contribution is 7.15. The number of piperidine rings is 1. The molecule has 2 unspecified atom stereocenters. The van der Waals surface area contributed by atoms with Crippen LogP contribution in [0.2, 0.25) is 0 Å². The van der Waals surface area contributed by atoms with Crippen molar-refractivity contribution in [1.29, 1.82) is 0 Å². The molecule has 0 saturated carbocycles. The number of halogens is 3. The largest absolute Gasteiger partial charge is 0.481 e. The van der Waals surface area contributed by atoms with Crippen molar-refractivity contribution in [2.75, 3.05) is 13.1 Å². The van der Waals surface area contributed by atoms with E-state index in [4.69, 9.17) is 0 Å². The van der Waals surface area contributed by atoms with E-state index in [-0.39, 0.29) is 17.2 Å². The average molecular weight is 427 g/mol. The predicted octanol–water partition coefficient (Wildman–Crippen LogP) is 4.79. The van der Waals surface area contributed by atoms with Crippen molar-refractivity contribution in [1.82, 2.24) is 14.9 Å². The van der Waals surface area contributed by atoms with Crippen molar-refractivity contribution < 1.29 is 23.1 Å². The summed E-state index contributed by atoms with van der Waals surface area (Å²) in [5.41, 5.74) is -0.968. The lowest BCUT2D eigenvalue weighted by molar-refractivity contribution is -0.145. The zero-order chi connectivity index (χ0) is 21.4. The first-order valence-corrected chi connectivity index (χ1v) is 10.2. The first kappa shape index (κ1) is 21.7. The summed E-state index contributed by atoms with van der Waals surface area (Å²) in [7, 11) is 0. The third-order valence-corrected chi connectivity index (χ3v) is 6.37. The molecule has 1 aliphatic heterocycles. The number of carboxylic acid groups (broad SMARTS) is 1. The number of nitrogens with zero attached hydrogens (tertiary/aromatic N) is 3. The summed E-state index contributed by atoms with van der Waals surface area (Å²) in [5, 5.41) is 9.52. The molecule has 3 heterocycles. The fourth-order valence-corrected chi connectivity index (χ4v) is 4.56. The SMILES string of the molecule is CC(C)(C)C1CC(C(=O)O)CN(Cc2ccc(-c3nccc(C(F)(F)F)n3)s2)C1. The molecule has 0 bridgehead atoms. The molecule has 3 rings (SSSR count). The van der Waals surface area contributed by atoms with E-state index in [1.807, 2.05) is 6.07 Å². The van der Waals surface area contributed by atoms with Gasteiger partial charge in [0.05, 0.1) is 10.8 Å². The van der Waals surface area contributed by atoms with Crippen molar-refractivity contribution in [3.05, 3.63) is 35.0 Å². The van der Waals surface area contributed by atoms with Crippen LogP contribution in [0.25, 0.3) is 10.7 Å². The lowest BCUT2D eigenvalue weighted by Gasteiger charge is -2.42. The van der Waals surface area contributed by atoms with Crippen LogP contribution < -0.4 is 0 Å². The Morgan fingerprint density at radius 1 is 1.24 bits per heavy atom. The molecule has 1 saturated heterocycles. The van der Waals surface area contributed by atoms with E-state index in [1.54, 1.807) is 6.07 Å². The zero-order valence-corrected chi connectivity index (χ0v) is 17.3. The molecule has 0 radical (unpaired) electrons. The Morgan fingerprint density at radius 2 is 1.97 bits per heavy atom. The topological polar surface area (TPSA) is 66.3 Å². The summed E-state index contributed by atoms with van der Waals surface area (Å²) in [6.07, 6.45) is -2.75. The van der Waals surface area contributed by atoms with Gasteiger partial charge in [0.1, 0.15) is 5.69 Å². The van der Waals surface area contributed by atoms with Crippen LogP contribution in [0, 0.1) is 17.3 Å². The molecule has 0 amide bonds. The number of thiophene rings is 1. The lowest BCUT2D eigenvalue weighted by atomic mass is 9.73. The van der Waals surface area contributed by atoms with Crippen LogP contribution in [0.1, 0.15) is 37.8 Å². The minimum atomic E-state index is -4.51. The monoisotopic (exact) mass is 427 g/mol. The smallest absolute Gasteiger partial charge is 0.433 e. The van der Waals surface area contributed by atoms with Crippen molar-refractivity contribution in [3.63, 3.8) is 0 Å². The van der Waals surface area contributed by atoms with Gasteiger partial charge in [-0.3, -0.25) is 9.69 Å². The maximum atomic E-state index is 12.9. The van der Waals surface area contributed by atoms with Crippen molar-refractivity contribution in [3.8, 4) is 10.7 Å². The third kappa shape index (κ3) is 5.33. The Morgan fingerprint density at radius 3 is 2.59 bits per heavy atom. The summed E-state index contributed by atoms with van der Waals surface area (Å²) in [4.78, 5) is 22.8. The van der Waals surface area contributed by atoms with E-state index in [1.165, 1.54) is 11.3 Å². The number of aromatic nitrogens is 2. The third-order valence-electron chi connectivity index (χ3n) is 5.31. The number of hydrogen-bond acceptors (Lipinski definition) is 5. The molecule has 0 spiro atoms. The molecule has 5 nitrogen and oxygen atoms in total. The minimum absolute atomic E-state index is 0.00114. The predicted molar refractivity (Wildman–Crippen MR) is 104 cm³/mol. The van der Waals surface area contributed by atoms with E-state index < -0.39 is 23.8 Å². The maximum absolute atomic E-state index is 12.9. The molecule has 0 aliphatic carbocycles. The van der Waals surface area contributed by atoms with Gasteiger partial charge in [0, 0.05) is 30.7 Å². The van der Waals surface area contributed by atoms with Crippen molar-refractivity contribution in [2.45, 2.75) is 39.9 Å². The van der Waals surface area contributed by atoms with Gasteiger partial charge in [-0.15, -0.1) is 11.3 Å².